The smallest absolute Gasteiger partial charge is 0.433 e. The number of hydrogen-bond acceptors (Lipinski definition) is 6. The second kappa shape index (κ2) is 10.0. The predicted molar refractivity (Wildman–Crippen MR) is 89.1 cm³/mol. The molecule has 0 atom stereocenters. The van der Waals surface area contributed by atoms with Gasteiger partial charge in [0, 0.05) is 37.7 Å². The van der Waals surface area contributed by atoms with Gasteiger partial charge in [0.1, 0.15) is 0 Å². The predicted octanol–water partition coefficient (Wildman–Crippen LogP) is 3.15. The van der Waals surface area contributed by atoms with Crippen LogP contribution in [-0.4, -0.2) is 37.4 Å². The number of nitrogens with one attached hydrogen (secondary N) is 1. The third-order valence-corrected chi connectivity index (χ3v) is 4.17. The fourth-order valence-corrected chi connectivity index (χ4v) is 2.74. The van der Waals surface area contributed by atoms with Crippen LogP contribution in [0.2, 0.25) is 0 Å². The van der Waals surface area contributed by atoms with Crippen molar-refractivity contribution in [2.24, 2.45) is 5.92 Å². The number of hydroxylamine groups is 1. The van der Waals surface area contributed by atoms with Crippen LogP contribution in [-0.2, 0) is 9.57 Å². The first-order valence-electron chi connectivity index (χ1n) is 8.51. The van der Waals surface area contributed by atoms with Gasteiger partial charge >= 0.3 is 6.16 Å². The zero-order valence-electron chi connectivity index (χ0n) is 13.9. The van der Waals surface area contributed by atoms with Crippen LogP contribution in [0, 0.1) is 5.92 Å². The minimum Gasteiger partial charge on any atom is -0.433 e. The van der Waals surface area contributed by atoms with E-state index in [4.69, 9.17) is 9.57 Å². The van der Waals surface area contributed by atoms with E-state index >= 15 is 0 Å². The van der Waals surface area contributed by atoms with Gasteiger partial charge in [-0.2, -0.15) is 0 Å². The molecule has 0 saturated carbocycles. The number of pyridine rings is 1. The fraction of sp³-hybridized carbons (Fsp3) is 0.647. The number of ether oxygens (including phenoxy) is 1. The van der Waals surface area contributed by atoms with Crippen molar-refractivity contribution >= 4 is 11.8 Å². The summed E-state index contributed by atoms with van der Waals surface area (Å²) in [6, 6.07) is 4.11. The fourth-order valence-electron chi connectivity index (χ4n) is 2.74. The molecular weight excluding hydrogens is 294 g/mol. The van der Waals surface area contributed by atoms with E-state index < -0.39 is 6.16 Å². The lowest BCUT2D eigenvalue weighted by molar-refractivity contribution is 0.0143. The SMILES string of the molecule is CCCCOC(=O)ONCCC1CCN(c2ccncc2)CC1. The molecule has 1 N–H and O–H groups in total. The molecule has 1 aromatic heterocycles. The molecule has 1 aromatic rings. The van der Waals surface area contributed by atoms with Crippen LogP contribution in [0.25, 0.3) is 0 Å². The van der Waals surface area contributed by atoms with Crippen LogP contribution in [0.1, 0.15) is 39.0 Å². The minimum atomic E-state index is -0.633. The molecule has 128 valence electrons. The van der Waals surface area contributed by atoms with E-state index in [-0.39, 0.29) is 0 Å². The van der Waals surface area contributed by atoms with Crippen LogP contribution in [0.3, 0.4) is 0 Å². The second-order valence-electron chi connectivity index (χ2n) is 5.87. The maximum Gasteiger partial charge on any atom is 0.527 e. The summed E-state index contributed by atoms with van der Waals surface area (Å²) < 4.78 is 4.90. The third kappa shape index (κ3) is 6.44. The molecule has 1 saturated heterocycles. The van der Waals surface area contributed by atoms with Crippen LogP contribution in [0.5, 0.6) is 0 Å². The first-order chi connectivity index (χ1) is 11.3. The van der Waals surface area contributed by atoms with Crippen LogP contribution in [0.15, 0.2) is 24.5 Å². The van der Waals surface area contributed by atoms with E-state index in [1.54, 1.807) is 0 Å². The van der Waals surface area contributed by atoms with E-state index in [2.05, 4.69) is 27.5 Å². The standard InChI is InChI=1S/C17H27N3O3/c1-2-3-14-22-17(21)23-19-11-4-15-7-12-20(13-8-15)16-5-9-18-10-6-16/h5-6,9-10,15,19H,2-4,7-8,11-14H2,1H3. The number of hydrogen-bond donors (Lipinski definition) is 1. The molecule has 2 rings (SSSR count). The molecule has 2 heterocycles. The lowest BCUT2D eigenvalue weighted by Crippen LogP contribution is -2.34. The van der Waals surface area contributed by atoms with Crippen LogP contribution >= 0.6 is 0 Å². The molecule has 0 bridgehead atoms. The molecule has 0 amide bonds. The van der Waals surface area contributed by atoms with Crippen molar-refractivity contribution in [3.05, 3.63) is 24.5 Å². The van der Waals surface area contributed by atoms with Crippen molar-refractivity contribution < 1.29 is 14.4 Å². The lowest BCUT2D eigenvalue weighted by Gasteiger charge is -2.33. The van der Waals surface area contributed by atoms with Gasteiger partial charge in [0.15, 0.2) is 0 Å². The maximum atomic E-state index is 11.3. The van der Waals surface area contributed by atoms with E-state index in [1.165, 1.54) is 5.69 Å². The Morgan fingerprint density at radius 2 is 2.09 bits per heavy atom. The highest BCUT2D eigenvalue weighted by molar-refractivity contribution is 5.59. The van der Waals surface area contributed by atoms with Gasteiger partial charge in [-0.15, -0.1) is 5.48 Å². The zero-order valence-corrected chi connectivity index (χ0v) is 13.9. The molecule has 0 aromatic carbocycles. The van der Waals surface area contributed by atoms with Gasteiger partial charge in [-0.25, -0.2) is 4.79 Å². The zero-order chi connectivity index (χ0) is 16.3. The number of carbonyl (C=O) groups is 1. The molecule has 0 aliphatic carbocycles. The number of piperidine rings is 1. The van der Waals surface area contributed by atoms with Crippen LogP contribution in [0.4, 0.5) is 10.5 Å². The van der Waals surface area contributed by atoms with E-state index in [1.807, 2.05) is 19.3 Å². The molecule has 0 radical (unpaired) electrons. The van der Waals surface area contributed by atoms with Gasteiger partial charge in [-0.3, -0.25) is 4.98 Å². The summed E-state index contributed by atoms with van der Waals surface area (Å²) >= 11 is 0. The largest absolute Gasteiger partial charge is 0.527 e. The molecule has 6 nitrogen and oxygen atoms in total. The van der Waals surface area contributed by atoms with Gasteiger partial charge in [0.25, 0.3) is 0 Å². The lowest BCUT2D eigenvalue weighted by atomic mass is 9.93. The normalized spacial score (nSPS) is 15.4. The highest BCUT2D eigenvalue weighted by atomic mass is 16.8. The Kier molecular flexibility index (Phi) is 7.66. The molecule has 1 aliphatic rings. The Morgan fingerprint density at radius 1 is 1.35 bits per heavy atom. The number of nitrogens with zero attached hydrogens (tertiary/aromatic N) is 2. The van der Waals surface area contributed by atoms with E-state index in [0.29, 0.717) is 19.1 Å². The van der Waals surface area contributed by atoms with Crippen molar-refractivity contribution in [2.45, 2.75) is 39.0 Å². The molecule has 23 heavy (non-hydrogen) atoms. The number of anilines is 1. The average molecular weight is 321 g/mol. The maximum absolute atomic E-state index is 11.3. The summed E-state index contributed by atoms with van der Waals surface area (Å²) in [6.45, 7) is 5.27. The molecule has 1 aliphatic heterocycles. The molecule has 0 unspecified atom stereocenters. The topological polar surface area (TPSA) is 63.7 Å². The summed E-state index contributed by atoms with van der Waals surface area (Å²) in [6.07, 6.45) is 8.22. The van der Waals surface area contributed by atoms with Gasteiger partial charge in [0.05, 0.1) is 6.61 Å². The summed E-state index contributed by atoms with van der Waals surface area (Å²) in [4.78, 5) is 22.5. The van der Waals surface area contributed by atoms with Crippen molar-refractivity contribution in [2.75, 3.05) is 31.1 Å². The molecule has 1 fully saturated rings. The van der Waals surface area contributed by atoms with Crippen molar-refractivity contribution in [3.63, 3.8) is 0 Å². The first-order valence-corrected chi connectivity index (χ1v) is 8.51. The summed E-state index contributed by atoms with van der Waals surface area (Å²) in [5.74, 6) is 0.667. The van der Waals surface area contributed by atoms with Gasteiger partial charge in [0.2, 0.25) is 0 Å². The van der Waals surface area contributed by atoms with Gasteiger partial charge in [-0.05, 0) is 43.7 Å². The molecular formula is C17H27N3O3. The second-order valence-corrected chi connectivity index (χ2v) is 5.87. The van der Waals surface area contributed by atoms with Crippen LogP contribution < -0.4 is 10.4 Å². The Labute approximate surface area is 138 Å². The highest BCUT2D eigenvalue weighted by Gasteiger charge is 2.19. The Morgan fingerprint density at radius 3 is 2.78 bits per heavy atom. The minimum absolute atomic E-state index is 0.421. The summed E-state index contributed by atoms with van der Waals surface area (Å²) in [7, 11) is 0. The number of unbranched alkanes of at least 4 members (excludes halogenated alkanes) is 1. The Bertz CT molecular complexity index is 448. The Hall–Kier alpha value is -1.82. The first kappa shape index (κ1) is 17.5. The van der Waals surface area contributed by atoms with Crippen molar-refractivity contribution in [1.82, 2.24) is 10.5 Å². The monoisotopic (exact) mass is 321 g/mol. The summed E-state index contributed by atoms with van der Waals surface area (Å²) in [5.41, 5.74) is 3.95. The summed E-state index contributed by atoms with van der Waals surface area (Å²) in [5, 5.41) is 0. The Balaban J connectivity index is 1.54. The molecule has 6 heteroatoms. The van der Waals surface area contributed by atoms with Gasteiger partial charge in [-0.1, -0.05) is 13.3 Å². The van der Waals surface area contributed by atoms with Crippen molar-refractivity contribution in [3.8, 4) is 0 Å². The number of rotatable bonds is 8. The van der Waals surface area contributed by atoms with E-state index in [0.717, 1.165) is 45.2 Å². The quantitative estimate of drug-likeness (QED) is 0.451. The molecule has 0 spiro atoms. The highest BCUT2D eigenvalue weighted by Crippen LogP contribution is 2.24. The number of aromatic nitrogens is 1. The van der Waals surface area contributed by atoms with E-state index in [9.17, 15) is 4.79 Å². The van der Waals surface area contributed by atoms with Crippen molar-refractivity contribution in [1.29, 1.82) is 0 Å². The van der Waals surface area contributed by atoms with Gasteiger partial charge < -0.3 is 14.5 Å². The third-order valence-electron chi connectivity index (χ3n) is 4.17. The number of carbonyl (C=O) groups excluding carboxylic acids is 1. The average Bonchev–Trinajstić information content (AvgIpc) is 2.60.